The summed E-state index contributed by atoms with van der Waals surface area (Å²) >= 11 is 0. The van der Waals surface area contributed by atoms with Crippen LogP contribution in [0, 0.1) is 0 Å². The van der Waals surface area contributed by atoms with E-state index < -0.39 is 0 Å². The molecular formula is C16H19NO3. The van der Waals surface area contributed by atoms with Gasteiger partial charge >= 0.3 is 0 Å². The van der Waals surface area contributed by atoms with Crippen molar-refractivity contribution in [3.63, 3.8) is 0 Å². The zero-order valence-electron chi connectivity index (χ0n) is 11.7. The number of nitrogens with zero attached hydrogens (tertiary/aromatic N) is 1. The smallest absolute Gasteiger partial charge is 0.211 e. The number of Topliss-reactive ketones (excluding diaryl/α,β-unsaturated/α-hetero) is 1. The number of fused-ring (bicyclic) bond motifs is 1. The van der Waals surface area contributed by atoms with E-state index in [1.54, 1.807) is 7.11 Å². The van der Waals surface area contributed by atoms with Gasteiger partial charge in [-0.1, -0.05) is 18.2 Å². The van der Waals surface area contributed by atoms with Crippen molar-refractivity contribution in [1.82, 2.24) is 4.90 Å². The second-order valence-electron chi connectivity index (χ2n) is 5.28. The molecule has 2 aromatic rings. The molecule has 1 aromatic carbocycles. The van der Waals surface area contributed by atoms with Gasteiger partial charge in [-0.25, -0.2) is 0 Å². The molecule has 1 aromatic heterocycles. The average Bonchev–Trinajstić information content (AvgIpc) is 2.92. The Labute approximate surface area is 118 Å². The van der Waals surface area contributed by atoms with Gasteiger partial charge in [0.25, 0.3) is 0 Å². The third-order valence-corrected chi connectivity index (χ3v) is 3.94. The molecule has 0 radical (unpaired) electrons. The van der Waals surface area contributed by atoms with E-state index in [0.29, 0.717) is 18.4 Å². The summed E-state index contributed by atoms with van der Waals surface area (Å²) in [4.78, 5) is 14.4. The number of ketones is 1. The van der Waals surface area contributed by atoms with Gasteiger partial charge in [0.05, 0.1) is 12.6 Å². The Hall–Kier alpha value is -1.65. The van der Waals surface area contributed by atoms with E-state index in [2.05, 4.69) is 4.90 Å². The number of likely N-dealkylation sites (tertiary alicyclic amines) is 1. The molecule has 1 fully saturated rings. The Morgan fingerprint density at radius 1 is 1.35 bits per heavy atom. The predicted molar refractivity (Wildman–Crippen MR) is 77.0 cm³/mol. The Morgan fingerprint density at radius 2 is 2.10 bits per heavy atom. The number of methoxy groups -OCH3 is 1. The number of carbonyl (C=O) groups excluding carboxylic acids is 1. The first-order chi connectivity index (χ1) is 9.76. The van der Waals surface area contributed by atoms with Crippen molar-refractivity contribution in [2.24, 2.45) is 0 Å². The Bertz CT molecular complexity index is 564. The number of hydrogen-bond donors (Lipinski definition) is 0. The summed E-state index contributed by atoms with van der Waals surface area (Å²) in [6.45, 7) is 2.24. The van der Waals surface area contributed by atoms with Crippen molar-refractivity contribution in [2.45, 2.75) is 18.9 Å². The molecule has 0 saturated carbocycles. The first-order valence-electron chi connectivity index (χ1n) is 7.03. The maximum Gasteiger partial charge on any atom is 0.211 e. The molecule has 0 N–H and O–H groups in total. The zero-order chi connectivity index (χ0) is 13.9. The zero-order valence-corrected chi connectivity index (χ0v) is 11.7. The van der Waals surface area contributed by atoms with Gasteiger partial charge in [-0.2, -0.15) is 0 Å². The molecule has 1 saturated heterocycles. The highest BCUT2D eigenvalue weighted by Crippen LogP contribution is 2.20. The third-order valence-electron chi connectivity index (χ3n) is 3.94. The van der Waals surface area contributed by atoms with E-state index in [-0.39, 0.29) is 5.78 Å². The Morgan fingerprint density at radius 3 is 2.80 bits per heavy atom. The topological polar surface area (TPSA) is 42.7 Å². The Balaban J connectivity index is 1.64. The van der Waals surface area contributed by atoms with E-state index in [1.807, 2.05) is 30.3 Å². The molecule has 4 nitrogen and oxygen atoms in total. The fraction of sp³-hybridized carbons (Fsp3) is 0.438. The SMILES string of the molecule is COC1CCN(CC(=O)c2cc3ccccc3o2)CC1. The minimum atomic E-state index is 0.0528. The lowest BCUT2D eigenvalue weighted by Gasteiger charge is -2.30. The monoisotopic (exact) mass is 273 g/mol. The lowest BCUT2D eigenvalue weighted by atomic mass is 10.1. The summed E-state index contributed by atoms with van der Waals surface area (Å²) in [6.07, 6.45) is 2.32. The number of benzene rings is 1. The highest BCUT2D eigenvalue weighted by molar-refractivity contribution is 5.98. The van der Waals surface area contributed by atoms with Crippen LogP contribution in [0.2, 0.25) is 0 Å². The van der Waals surface area contributed by atoms with Gasteiger partial charge in [0, 0.05) is 25.6 Å². The van der Waals surface area contributed by atoms with Crippen LogP contribution in [0.1, 0.15) is 23.4 Å². The van der Waals surface area contributed by atoms with Gasteiger partial charge in [0.1, 0.15) is 5.58 Å². The minimum Gasteiger partial charge on any atom is -0.453 e. The standard InChI is InChI=1S/C16H19NO3/c1-19-13-6-8-17(9-7-13)11-14(18)16-10-12-4-2-3-5-15(12)20-16/h2-5,10,13H,6-9,11H2,1H3. The first-order valence-corrected chi connectivity index (χ1v) is 7.03. The van der Waals surface area contributed by atoms with Gasteiger partial charge in [-0.15, -0.1) is 0 Å². The predicted octanol–water partition coefficient (Wildman–Crippen LogP) is 2.73. The molecule has 1 aliphatic heterocycles. The number of ether oxygens (including phenoxy) is 1. The van der Waals surface area contributed by atoms with E-state index in [1.165, 1.54) is 0 Å². The normalized spacial score (nSPS) is 17.6. The van der Waals surface area contributed by atoms with Crippen molar-refractivity contribution in [1.29, 1.82) is 0 Å². The summed E-state index contributed by atoms with van der Waals surface area (Å²) in [6, 6.07) is 9.53. The van der Waals surface area contributed by atoms with Crippen molar-refractivity contribution in [3.05, 3.63) is 36.1 Å². The number of carbonyl (C=O) groups is 1. The lowest BCUT2D eigenvalue weighted by molar-refractivity contribution is 0.0397. The number of rotatable bonds is 4. The number of piperidine rings is 1. The molecule has 0 aliphatic carbocycles. The van der Waals surface area contributed by atoms with Crippen LogP contribution in [0.3, 0.4) is 0 Å². The van der Waals surface area contributed by atoms with E-state index in [4.69, 9.17) is 9.15 Å². The van der Waals surface area contributed by atoms with E-state index >= 15 is 0 Å². The maximum absolute atomic E-state index is 12.3. The molecule has 0 unspecified atom stereocenters. The summed E-state index contributed by atoms with van der Waals surface area (Å²) in [5, 5.41) is 0.981. The van der Waals surface area contributed by atoms with Gasteiger partial charge in [-0.05, 0) is 25.0 Å². The number of para-hydroxylation sites is 1. The average molecular weight is 273 g/mol. The van der Waals surface area contributed by atoms with Crippen LogP contribution >= 0.6 is 0 Å². The van der Waals surface area contributed by atoms with Crippen molar-refractivity contribution >= 4 is 16.8 Å². The lowest BCUT2D eigenvalue weighted by Crippen LogP contribution is -2.39. The van der Waals surface area contributed by atoms with Crippen LogP contribution in [-0.2, 0) is 4.74 Å². The van der Waals surface area contributed by atoms with Crippen molar-refractivity contribution in [3.8, 4) is 0 Å². The summed E-state index contributed by atoms with van der Waals surface area (Å²) < 4.78 is 11.0. The van der Waals surface area contributed by atoms with Crippen LogP contribution in [0.25, 0.3) is 11.0 Å². The molecule has 106 valence electrons. The fourth-order valence-electron chi connectivity index (χ4n) is 2.70. The summed E-state index contributed by atoms with van der Waals surface area (Å²) in [5.74, 6) is 0.511. The van der Waals surface area contributed by atoms with Gasteiger partial charge in [0.15, 0.2) is 5.76 Å². The molecule has 0 amide bonds. The van der Waals surface area contributed by atoms with Crippen molar-refractivity contribution in [2.75, 3.05) is 26.7 Å². The highest BCUT2D eigenvalue weighted by atomic mass is 16.5. The van der Waals surface area contributed by atoms with Crippen molar-refractivity contribution < 1.29 is 13.9 Å². The quantitative estimate of drug-likeness (QED) is 0.803. The second kappa shape index (κ2) is 5.77. The molecule has 0 spiro atoms. The summed E-state index contributed by atoms with van der Waals surface area (Å²) in [7, 11) is 1.75. The van der Waals surface area contributed by atoms with Crippen LogP contribution in [-0.4, -0.2) is 43.5 Å². The molecule has 0 bridgehead atoms. The highest BCUT2D eigenvalue weighted by Gasteiger charge is 2.22. The van der Waals surface area contributed by atoms with Gasteiger partial charge in [-0.3, -0.25) is 9.69 Å². The molecule has 1 aliphatic rings. The van der Waals surface area contributed by atoms with Crippen LogP contribution in [0.4, 0.5) is 0 Å². The molecule has 2 heterocycles. The summed E-state index contributed by atoms with van der Waals surface area (Å²) in [5.41, 5.74) is 0.772. The fourth-order valence-corrected chi connectivity index (χ4v) is 2.70. The second-order valence-corrected chi connectivity index (χ2v) is 5.28. The number of furan rings is 1. The molecule has 4 heteroatoms. The molecular weight excluding hydrogens is 254 g/mol. The first kappa shape index (κ1) is 13.3. The Kier molecular flexibility index (Phi) is 3.85. The maximum atomic E-state index is 12.3. The van der Waals surface area contributed by atoms with Crippen LogP contribution in [0.15, 0.2) is 34.7 Å². The molecule has 0 atom stereocenters. The molecule has 20 heavy (non-hydrogen) atoms. The van der Waals surface area contributed by atoms with Crippen LogP contribution in [0.5, 0.6) is 0 Å². The van der Waals surface area contributed by atoms with Crippen LogP contribution < -0.4 is 0 Å². The largest absolute Gasteiger partial charge is 0.453 e. The minimum absolute atomic E-state index is 0.0528. The van der Waals surface area contributed by atoms with E-state index in [9.17, 15) is 4.79 Å². The van der Waals surface area contributed by atoms with E-state index in [0.717, 1.165) is 36.9 Å². The van der Waals surface area contributed by atoms with Gasteiger partial charge < -0.3 is 9.15 Å². The number of hydrogen-bond acceptors (Lipinski definition) is 4. The molecule has 3 rings (SSSR count). The third kappa shape index (κ3) is 2.76. The van der Waals surface area contributed by atoms with Gasteiger partial charge in [0.2, 0.25) is 5.78 Å².